The fourth-order valence-electron chi connectivity index (χ4n) is 4.17. The minimum absolute atomic E-state index is 0.0975. The Kier molecular flexibility index (Phi) is 8.65. The van der Waals surface area contributed by atoms with E-state index in [0.29, 0.717) is 13.2 Å². The van der Waals surface area contributed by atoms with Crippen molar-refractivity contribution in [1.29, 1.82) is 0 Å². The molecule has 0 spiro atoms. The maximum absolute atomic E-state index is 6.80. The molecule has 164 valence electrons. The predicted octanol–water partition coefficient (Wildman–Crippen LogP) is 6.50. The molecule has 3 aromatic carbocycles. The molecule has 0 saturated heterocycles. The highest BCUT2D eigenvalue weighted by Gasteiger charge is 2.35. The number of benzene rings is 3. The van der Waals surface area contributed by atoms with E-state index in [2.05, 4.69) is 111 Å². The minimum Gasteiger partial charge on any atom is -0.416 e. The Balaban J connectivity index is 1.83. The van der Waals surface area contributed by atoms with Gasteiger partial charge in [-0.15, -0.1) is 0 Å². The molecule has 0 heterocycles. The van der Waals surface area contributed by atoms with Gasteiger partial charge in [0.05, 0.1) is 6.61 Å². The van der Waals surface area contributed by atoms with Crippen LogP contribution in [0.3, 0.4) is 0 Å². The topological polar surface area (TPSA) is 18.5 Å². The number of rotatable bonds is 12. The van der Waals surface area contributed by atoms with Crippen LogP contribution in [0.2, 0.25) is 13.1 Å². The third kappa shape index (κ3) is 7.77. The third-order valence-corrected chi connectivity index (χ3v) is 7.88. The Morgan fingerprint density at radius 3 is 1.55 bits per heavy atom. The van der Waals surface area contributed by atoms with E-state index in [-0.39, 0.29) is 5.41 Å². The summed E-state index contributed by atoms with van der Waals surface area (Å²) in [7, 11) is -1.88. The van der Waals surface area contributed by atoms with Crippen LogP contribution in [0, 0.1) is 5.41 Å². The first-order chi connectivity index (χ1) is 15.0. The molecule has 2 nitrogen and oxygen atoms in total. The van der Waals surface area contributed by atoms with Crippen LogP contribution in [0.5, 0.6) is 0 Å². The zero-order valence-electron chi connectivity index (χ0n) is 19.2. The van der Waals surface area contributed by atoms with Gasteiger partial charge in [-0.3, -0.25) is 0 Å². The first kappa shape index (κ1) is 23.5. The van der Waals surface area contributed by atoms with Gasteiger partial charge in [-0.1, -0.05) is 91.0 Å². The fraction of sp³-hybridized carbons (Fsp3) is 0.357. The molecule has 0 saturated carbocycles. The Hall–Kier alpha value is -2.20. The van der Waals surface area contributed by atoms with Crippen LogP contribution in [-0.2, 0) is 28.0 Å². The Labute approximate surface area is 189 Å². The molecule has 0 aliphatic heterocycles. The van der Waals surface area contributed by atoms with Crippen molar-refractivity contribution >= 4 is 8.32 Å². The summed E-state index contributed by atoms with van der Waals surface area (Å²) in [5, 5.41) is 0. The molecule has 3 rings (SSSR count). The van der Waals surface area contributed by atoms with Gasteiger partial charge in [-0.25, -0.2) is 0 Å². The fourth-order valence-corrected chi connectivity index (χ4v) is 6.19. The number of hydrogen-bond acceptors (Lipinski definition) is 2. The lowest BCUT2D eigenvalue weighted by Gasteiger charge is -2.37. The van der Waals surface area contributed by atoms with E-state index >= 15 is 0 Å². The average Bonchev–Trinajstić information content (AvgIpc) is 2.78. The summed E-state index contributed by atoms with van der Waals surface area (Å²) in [5.41, 5.74) is 3.94. The molecule has 0 fully saturated rings. The summed E-state index contributed by atoms with van der Waals surface area (Å²) < 4.78 is 12.9. The SMILES string of the molecule is CCOCC(CO[Si](C)(C)Cc1ccccc1)(Cc1ccccc1)Cc1ccccc1. The molecule has 0 radical (unpaired) electrons. The molecule has 0 aliphatic carbocycles. The van der Waals surface area contributed by atoms with Crippen molar-refractivity contribution in [2.24, 2.45) is 5.41 Å². The van der Waals surface area contributed by atoms with Gasteiger partial charge in [-0.2, -0.15) is 0 Å². The van der Waals surface area contributed by atoms with E-state index in [4.69, 9.17) is 9.16 Å². The molecular weight excluding hydrogens is 396 g/mol. The van der Waals surface area contributed by atoms with Gasteiger partial charge < -0.3 is 9.16 Å². The molecule has 0 N–H and O–H groups in total. The van der Waals surface area contributed by atoms with E-state index in [0.717, 1.165) is 25.5 Å². The van der Waals surface area contributed by atoms with Crippen LogP contribution in [0.15, 0.2) is 91.0 Å². The van der Waals surface area contributed by atoms with E-state index in [1.807, 2.05) is 0 Å². The van der Waals surface area contributed by atoms with Crippen LogP contribution >= 0.6 is 0 Å². The van der Waals surface area contributed by atoms with Gasteiger partial charge in [0, 0.05) is 18.6 Å². The van der Waals surface area contributed by atoms with Crippen molar-refractivity contribution in [1.82, 2.24) is 0 Å². The van der Waals surface area contributed by atoms with Crippen LogP contribution in [0.4, 0.5) is 0 Å². The zero-order chi connectivity index (χ0) is 22.0. The van der Waals surface area contributed by atoms with Gasteiger partial charge in [0.1, 0.15) is 0 Å². The number of ether oxygens (including phenoxy) is 1. The monoisotopic (exact) mass is 432 g/mol. The molecule has 0 bridgehead atoms. The first-order valence-corrected chi connectivity index (χ1v) is 14.5. The smallest absolute Gasteiger partial charge is 0.191 e. The number of hydrogen-bond donors (Lipinski definition) is 0. The summed E-state index contributed by atoms with van der Waals surface area (Å²) >= 11 is 0. The van der Waals surface area contributed by atoms with Crippen molar-refractivity contribution in [2.45, 2.75) is 38.9 Å². The molecule has 0 aromatic heterocycles. The van der Waals surface area contributed by atoms with Crippen molar-refractivity contribution in [3.8, 4) is 0 Å². The first-order valence-electron chi connectivity index (χ1n) is 11.3. The molecule has 0 aliphatic rings. The lowest BCUT2D eigenvalue weighted by Crippen LogP contribution is -2.43. The standard InChI is InChI=1S/C28H36O2Si/c1-4-29-23-28(20-25-14-8-5-9-15-25,21-26-16-10-6-11-17-26)24-30-31(2,3)22-27-18-12-7-13-19-27/h5-19H,4,20-24H2,1-3H3. The Bertz CT molecular complexity index is 837. The Morgan fingerprint density at radius 1 is 0.645 bits per heavy atom. The molecular formula is C28H36O2Si. The van der Waals surface area contributed by atoms with Gasteiger partial charge in [0.15, 0.2) is 8.32 Å². The van der Waals surface area contributed by atoms with Gasteiger partial charge in [-0.05, 0) is 55.6 Å². The van der Waals surface area contributed by atoms with Crippen molar-refractivity contribution in [2.75, 3.05) is 19.8 Å². The molecule has 3 heteroatoms. The summed E-state index contributed by atoms with van der Waals surface area (Å²) in [4.78, 5) is 0. The highest BCUT2D eigenvalue weighted by Crippen LogP contribution is 2.31. The van der Waals surface area contributed by atoms with E-state index < -0.39 is 8.32 Å². The maximum atomic E-state index is 6.80. The zero-order valence-corrected chi connectivity index (χ0v) is 20.2. The van der Waals surface area contributed by atoms with E-state index in [9.17, 15) is 0 Å². The minimum atomic E-state index is -1.88. The Morgan fingerprint density at radius 2 is 1.10 bits per heavy atom. The third-order valence-electron chi connectivity index (χ3n) is 5.70. The van der Waals surface area contributed by atoms with Crippen molar-refractivity contribution in [3.05, 3.63) is 108 Å². The molecule has 3 aromatic rings. The van der Waals surface area contributed by atoms with E-state index in [1.165, 1.54) is 16.7 Å². The summed E-state index contributed by atoms with van der Waals surface area (Å²) in [6, 6.07) is 33.3. The van der Waals surface area contributed by atoms with Gasteiger partial charge in [0.2, 0.25) is 0 Å². The second-order valence-corrected chi connectivity index (χ2v) is 13.3. The summed E-state index contributed by atoms with van der Waals surface area (Å²) in [5.74, 6) is 0. The van der Waals surface area contributed by atoms with Crippen LogP contribution in [-0.4, -0.2) is 28.1 Å². The van der Waals surface area contributed by atoms with E-state index in [1.54, 1.807) is 0 Å². The second-order valence-electron chi connectivity index (χ2n) is 9.17. The lowest BCUT2D eigenvalue weighted by atomic mass is 9.78. The van der Waals surface area contributed by atoms with Gasteiger partial charge >= 0.3 is 0 Å². The van der Waals surface area contributed by atoms with Crippen LogP contribution in [0.1, 0.15) is 23.6 Å². The second kappa shape index (κ2) is 11.4. The summed E-state index contributed by atoms with van der Waals surface area (Å²) in [6.45, 7) is 8.86. The van der Waals surface area contributed by atoms with Crippen molar-refractivity contribution in [3.63, 3.8) is 0 Å². The maximum Gasteiger partial charge on any atom is 0.191 e. The molecule has 0 atom stereocenters. The average molecular weight is 433 g/mol. The quantitative estimate of drug-likeness (QED) is 0.304. The molecule has 0 amide bonds. The van der Waals surface area contributed by atoms with Gasteiger partial charge in [0.25, 0.3) is 0 Å². The predicted molar refractivity (Wildman–Crippen MR) is 133 cm³/mol. The summed E-state index contributed by atoms with van der Waals surface area (Å²) in [6.07, 6.45) is 1.89. The van der Waals surface area contributed by atoms with Crippen LogP contribution in [0.25, 0.3) is 0 Å². The molecule has 0 unspecified atom stereocenters. The van der Waals surface area contributed by atoms with Crippen molar-refractivity contribution < 1.29 is 9.16 Å². The molecule has 31 heavy (non-hydrogen) atoms. The lowest BCUT2D eigenvalue weighted by molar-refractivity contribution is 0.0157. The normalized spacial score (nSPS) is 12.1. The highest BCUT2D eigenvalue weighted by molar-refractivity contribution is 6.70. The van der Waals surface area contributed by atoms with Crippen LogP contribution < -0.4 is 0 Å². The highest BCUT2D eigenvalue weighted by atomic mass is 28.4. The largest absolute Gasteiger partial charge is 0.416 e.